The normalized spacial score (nSPS) is 11.8. The molecule has 0 N–H and O–H groups in total. The molecule has 4 heterocycles. The summed E-state index contributed by atoms with van der Waals surface area (Å²) in [5.74, 6) is 1.74. The largest absolute Gasteiger partial charge is 0.456 e. The Balaban J connectivity index is 1.24. The lowest BCUT2D eigenvalue weighted by Gasteiger charge is -2.16. The van der Waals surface area contributed by atoms with Crippen LogP contribution in [0, 0.1) is 0 Å². The molecule has 0 unspecified atom stereocenters. The van der Waals surface area contributed by atoms with Gasteiger partial charge in [0.1, 0.15) is 22.3 Å². The Morgan fingerprint density at radius 2 is 1.04 bits per heavy atom. The molecule has 6 heteroatoms. The molecule has 0 fully saturated rings. The lowest BCUT2D eigenvalue weighted by Crippen LogP contribution is -2.01. The topological polar surface area (TPSA) is 77.8 Å². The van der Waals surface area contributed by atoms with E-state index >= 15 is 0 Å². The first-order valence-corrected chi connectivity index (χ1v) is 17.2. The number of aromatic nitrogens is 4. The molecule has 242 valence electrons. The highest BCUT2D eigenvalue weighted by Gasteiger charge is 2.23. The summed E-state index contributed by atoms with van der Waals surface area (Å²) in [5, 5.41) is 7.27. The van der Waals surface area contributed by atoms with Gasteiger partial charge < -0.3 is 8.83 Å². The zero-order valence-corrected chi connectivity index (χ0v) is 27.6. The molecule has 0 aliphatic carbocycles. The number of furan rings is 2. The molecule has 0 aliphatic rings. The molecule has 0 radical (unpaired) electrons. The molecule has 0 saturated carbocycles. The zero-order chi connectivity index (χ0) is 34.2. The summed E-state index contributed by atoms with van der Waals surface area (Å²) in [5.41, 5.74) is 8.89. The highest BCUT2D eigenvalue weighted by atomic mass is 16.3. The van der Waals surface area contributed by atoms with Crippen LogP contribution in [0.4, 0.5) is 0 Å². The number of rotatable bonds is 4. The second kappa shape index (κ2) is 11.2. The number of hydrogen-bond donors (Lipinski definition) is 0. The first-order valence-electron chi connectivity index (χ1n) is 17.2. The van der Waals surface area contributed by atoms with Crippen LogP contribution in [0.5, 0.6) is 0 Å². The predicted molar refractivity (Wildman–Crippen MR) is 209 cm³/mol. The highest BCUT2D eigenvalue weighted by molar-refractivity contribution is 6.19. The van der Waals surface area contributed by atoms with Crippen molar-refractivity contribution in [3.8, 4) is 45.3 Å². The summed E-state index contributed by atoms with van der Waals surface area (Å²) < 4.78 is 12.8. The number of benzene rings is 7. The summed E-state index contributed by atoms with van der Waals surface area (Å²) in [6.07, 6.45) is 1.83. The van der Waals surface area contributed by atoms with Gasteiger partial charge in [-0.15, -0.1) is 0 Å². The van der Waals surface area contributed by atoms with E-state index in [1.165, 1.54) is 0 Å². The van der Waals surface area contributed by atoms with Gasteiger partial charge in [0.2, 0.25) is 0 Å². The third-order valence-electron chi connectivity index (χ3n) is 9.97. The third-order valence-corrected chi connectivity index (χ3v) is 9.97. The van der Waals surface area contributed by atoms with Gasteiger partial charge in [0.05, 0.1) is 5.52 Å². The van der Waals surface area contributed by atoms with Crippen LogP contribution >= 0.6 is 0 Å². The van der Waals surface area contributed by atoms with Gasteiger partial charge in [-0.3, -0.25) is 4.98 Å². The Labute approximate surface area is 296 Å². The maximum Gasteiger partial charge on any atom is 0.164 e. The minimum atomic E-state index is 0.574. The Bertz CT molecular complexity index is 3200. The average Bonchev–Trinajstić information content (AvgIpc) is 3.78. The standard InChI is InChI=1S/C46H26N4O2/c1-2-12-28(13-3-1)44-48-45(33-18-9-21-38-42(33)31-16-6-7-19-37(31)51-38)50-46(49-44)34-23-22-27-11-4-5-15-30(27)41(34)32-17-8-20-39-43(32)35-26-36-29(14-10-24-47-36)25-40(35)52-39/h1-26H. The van der Waals surface area contributed by atoms with Gasteiger partial charge in [0, 0.05) is 55.4 Å². The monoisotopic (exact) mass is 666 g/mol. The SMILES string of the molecule is c1ccc(-c2nc(-c3ccc4ccccc4c3-c3cccc4oc5cc6cccnc6cc5c34)nc(-c3cccc4oc5ccccc5c34)n2)cc1. The van der Waals surface area contributed by atoms with Crippen LogP contribution in [0.2, 0.25) is 0 Å². The van der Waals surface area contributed by atoms with E-state index in [-0.39, 0.29) is 0 Å². The van der Waals surface area contributed by atoms with Gasteiger partial charge in [0.25, 0.3) is 0 Å². The minimum absolute atomic E-state index is 0.574. The Morgan fingerprint density at radius 3 is 1.90 bits per heavy atom. The molecule has 6 nitrogen and oxygen atoms in total. The van der Waals surface area contributed by atoms with Crippen LogP contribution in [-0.4, -0.2) is 19.9 Å². The number of para-hydroxylation sites is 1. The van der Waals surface area contributed by atoms with E-state index in [0.717, 1.165) is 93.4 Å². The van der Waals surface area contributed by atoms with Crippen LogP contribution in [0.1, 0.15) is 0 Å². The molecular weight excluding hydrogens is 641 g/mol. The molecule has 0 aliphatic heterocycles. The average molecular weight is 667 g/mol. The minimum Gasteiger partial charge on any atom is -0.456 e. The van der Waals surface area contributed by atoms with Crippen molar-refractivity contribution < 1.29 is 8.83 Å². The zero-order valence-electron chi connectivity index (χ0n) is 27.6. The van der Waals surface area contributed by atoms with Crippen LogP contribution in [-0.2, 0) is 0 Å². The van der Waals surface area contributed by atoms with Crippen molar-refractivity contribution in [3.63, 3.8) is 0 Å². The van der Waals surface area contributed by atoms with Crippen molar-refractivity contribution in [2.24, 2.45) is 0 Å². The predicted octanol–water partition coefficient (Wildman–Crippen LogP) is 12.0. The van der Waals surface area contributed by atoms with E-state index in [1.54, 1.807) is 0 Å². The first kappa shape index (κ1) is 28.6. The van der Waals surface area contributed by atoms with Crippen LogP contribution in [0.3, 0.4) is 0 Å². The van der Waals surface area contributed by atoms with Crippen molar-refractivity contribution in [3.05, 3.63) is 158 Å². The van der Waals surface area contributed by atoms with Gasteiger partial charge in [-0.2, -0.15) is 0 Å². The number of nitrogens with zero attached hydrogens (tertiary/aromatic N) is 4. The van der Waals surface area contributed by atoms with Crippen molar-refractivity contribution in [1.82, 2.24) is 19.9 Å². The summed E-state index contributed by atoms with van der Waals surface area (Å²) in [6, 6.07) is 51.5. The quantitative estimate of drug-likeness (QED) is 0.186. The second-order valence-electron chi connectivity index (χ2n) is 13.0. The molecule has 0 atom stereocenters. The molecule has 4 aromatic heterocycles. The van der Waals surface area contributed by atoms with Crippen molar-refractivity contribution >= 4 is 65.6 Å². The van der Waals surface area contributed by atoms with E-state index in [9.17, 15) is 0 Å². The summed E-state index contributed by atoms with van der Waals surface area (Å²) in [6.45, 7) is 0. The van der Waals surface area contributed by atoms with Crippen LogP contribution in [0.15, 0.2) is 167 Å². The summed E-state index contributed by atoms with van der Waals surface area (Å²) in [4.78, 5) is 20.3. The molecule has 0 bridgehead atoms. The smallest absolute Gasteiger partial charge is 0.164 e. The molecule has 0 spiro atoms. The Hall–Kier alpha value is -7.18. The number of hydrogen-bond acceptors (Lipinski definition) is 6. The van der Waals surface area contributed by atoms with E-state index in [0.29, 0.717) is 17.5 Å². The fourth-order valence-electron chi connectivity index (χ4n) is 7.64. The van der Waals surface area contributed by atoms with Crippen LogP contribution in [0.25, 0.3) is 111 Å². The molecular formula is C46H26N4O2. The fraction of sp³-hybridized carbons (Fsp3) is 0. The fourth-order valence-corrected chi connectivity index (χ4v) is 7.64. The van der Waals surface area contributed by atoms with Gasteiger partial charge in [-0.1, -0.05) is 109 Å². The maximum absolute atomic E-state index is 6.52. The number of pyridine rings is 1. The maximum atomic E-state index is 6.52. The van der Waals surface area contributed by atoms with E-state index < -0.39 is 0 Å². The molecule has 52 heavy (non-hydrogen) atoms. The molecule has 11 rings (SSSR count). The lowest BCUT2D eigenvalue weighted by molar-refractivity contribution is 0.669. The van der Waals surface area contributed by atoms with Gasteiger partial charge in [-0.05, 0) is 58.8 Å². The number of fused-ring (bicyclic) bond motifs is 8. The van der Waals surface area contributed by atoms with E-state index in [2.05, 4.69) is 83.8 Å². The van der Waals surface area contributed by atoms with Crippen molar-refractivity contribution in [2.45, 2.75) is 0 Å². The van der Waals surface area contributed by atoms with Crippen LogP contribution < -0.4 is 0 Å². The summed E-state index contributed by atoms with van der Waals surface area (Å²) in [7, 11) is 0. The second-order valence-corrected chi connectivity index (χ2v) is 13.0. The van der Waals surface area contributed by atoms with Crippen molar-refractivity contribution in [1.29, 1.82) is 0 Å². The van der Waals surface area contributed by atoms with Gasteiger partial charge in [-0.25, -0.2) is 15.0 Å². The Morgan fingerprint density at radius 1 is 0.385 bits per heavy atom. The van der Waals surface area contributed by atoms with Crippen molar-refractivity contribution in [2.75, 3.05) is 0 Å². The third kappa shape index (κ3) is 4.38. The lowest BCUT2D eigenvalue weighted by atomic mass is 9.90. The van der Waals surface area contributed by atoms with E-state index in [1.807, 2.05) is 79.0 Å². The van der Waals surface area contributed by atoms with Gasteiger partial charge in [0.15, 0.2) is 17.5 Å². The Kier molecular flexibility index (Phi) is 6.15. The molecule has 7 aromatic carbocycles. The molecule has 11 aromatic rings. The van der Waals surface area contributed by atoms with E-state index in [4.69, 9.17) is 23.8 Å². The molecule has 0 amide bonds. The first-order chi connectivity index (χ1) is 25.8. The highest BCUT2D eigenvalue weighted by Crippen LogP contribution is 2.45. The van der Waals surface area contributed by atoms with Gasteiger partial charge >= 0.3 is 0 Å². The summed E-state index contributed by atoms with van der Waals surface area (Å²) >= 11 is 0. The molecule has 0 saturated heterocycles.